The van der Waals surface area contributed by atoms with E-state index in [0.29, 0.717) is 10.8 Å². The van der Waals surface area contributed by atoms with Crippen LogP contribution in [0.1, 0.15) is 0 Å². The summed E-state index contributed by atoms with van der Waals surface area (Å²) in [4.78, 5) is 17.4. The highest BCUT2D eigenvalue weighted by atomic mass is 35.5. The third kappa shape index (κ3) is 2.52. The van der Waals surface area contributed by atoms with Gasteiger partial charge in [-0.25, -0.2) is 0 Å². The molecule has 0 aliphatic rings. The average molecular weight is 237 g/mol. The van der Waals surface area contributed by atoms with Crippen molar-refractivity contribution in [1.82, 2.24) is 9.97 Å². The van der Waals surface area contributed by atoms with E-state index in [2.05, 4.69) is 15.3 Å². The molecule has 2 rings (SSSR count). The number of nitrogens with zero attached hydrogens (tertiary/aromatic N) is 1. The first-order valence-corrected chi connectivity index (χ1v) is 4.91. The Hall–Kier alpha value is -2.01. The molecule has 4 N–H and O–H groups in total. The van der Waals surface area contributed by atoms with E-state index in [0.717, 1.165) is 5.69 Å². The highest BCUT2D eigenvalue weighted by Gasteiger charge is 1.99. The predicted molar refractivity (Wildman–Crippen MR) is 64.0 cm³/mol. The maximum Gasteiger partial charge on any atom is 0.254 e. The molecule has 0 saturated heterocycles. The number of aromatic amines is 1. The normalized spacial score (nSPS) is 10.1. The van der Waals surface area contributed by atoms with Crippen molar-refractivity contribution in [2.75, 3.05) is 11.1 Å². The third-order valence-electron chi connectivity index (χ3n) is 1.88. The van der Waals surface area contributed by atoms with Gasteiger partial charge in [-0.2, -0.15) is 4.98 Å². The fraction of sp³-hybridized carbons (Fsp3) is 0. The van der Waals surface area contributed by atoms with Gasteiger partial charge in [0.1, 0.15) is 5.82 Å². The van der Waals surface area contributed by atoms with Gasteiger partial charge in [-0.3, -0.25) is 9.78 Å². The van der Waals surface area contributed by atoms with E-state index in [9.17, 15) is 4.79 Å². The van der Waals surface area contributed by atoms with Crippen LogP contribution in [0.4, 0.5) is 17.5 Å². The molecule has 5 nitrogen and oxygen atoms in total. The SMILES string of the molecule is Nc1nc(Nc2ccc(Cl)cc2)cc(=O)[nH]1. The standard InChI is InChI=1S/C10H9ClN4O/c11-6-1-3-7(4-2-6)13-8-5-9(16)15-10(12)14-8/h1-5H,(H4,12,13,14,15,16). The van der Waals surface area contributed by atoms with E-state index in [1.54, 1.807) is 24.3 Å². The molecule has 82 valence electrons. The van der Waals surface area contributed by atoms with Crippen molar-refractivity contribution in [3.05, 3.63) is 45.7 Å². The molecule has 6 heteroatoms. The van der Waals surface area contributed by atoms with Crippen LogP contribution in [0.25, 0.3) is 0 Å². The molecule has 0 bridgehead atoms. The van der Waals surface area contributed by atoms with Gasteiger partial charge in [0, 0.05) is 16.8 Å². The van der Waals surface area contributed by atoms with Crippen LogP contribution in [0.15, 0.2) is 35.1 Å². The number of hydrogen-bond donors (Lipinski definition) is 3. The quantitative estimate of drug-likeness (QED) is 0.742. The molecule has 0 amide bonds. The van der Waals surface area contributed by atoms with Gasteiger partial charge in [0.05, 0.1) is 0 Å². The van der Waals surface area contributed by atoms with E-state index in [-0.39, 0.29) is 11.5 Å². The topological polar surface area (TPSA) is 83.8 Å². The Morgan fingerprint density at radius 3 is 2.62 bits per heavy atom. The van der Waals surface area contributed by atoms with Gasteiger partial charge in [-0.1, -0.05) is 11.6 Å². The minimum Gasteiger partial charge on any atom is -0.369 e. The number of nitrogens with one attached hydrogen (secondary N) is 2. The van der Waals surface area contributed by atoms with Gasteiger partial charge in [0.15, 0.2) is 0 Å². The second kappa shape index (κ2) is 4.24. The lowest BCUT2D eigenvalue weighted by Gasteiger charge is -2.05. The van der Waals surface area contributed by atoms with Gasteiger partial charge < -0.3 is 11.1 Å². The second-order valence-corrected chi connectivity index (χ2v) is 3.58. The van der Waals surface area contributed by atoms with Crippen molar-refractivity contribution in [3.63, 3.8) is 0 Å². The van der Waals surface area contributed by atoms with Crippen LogP contribution in [-0.4, -0.2) is 9.97 Å². The Morgan fingerprint density at radius 1 is 1.31 bits per heavy atom. The van der Waals surface area contributed by atoms with E-state index < -0.39 is 0 Å². The molecular weight excluding hydrogens is 228 g/mol. The number of hydrogen-bond acceptors (Lipinski definition) is 4. The van der Waals surface area contributed by atoms with Crippen LogP contribution in [0.3, 0.4) is 0 Å². The van der Waals surface area contributed by atoms with Gasteiger partial charge in [0.2, 0.25) is 5.95 Å². The first-order chi connectivity index (χ1) is 7.63. The number of benzene rings is 1. The summed E-state index contributed by atoms with van der Waals surface area (Å²) in [5.41, 5.74) is 5.89. The fourth-order valence-electron chi connectivity index (χ4n) is 1.22. The maximum absolute atomic E-state index is 11.1. The van der Waals surface area contributed by atoms with Crippen LogP contribution in [-0.2, 0) is 0 Å². The average Bonchev–Trinajstić information content (AvgIpc) is 2.20. The lowest BCUT2D eigenvalue weighted by atomic mass is 10.3. The molecule has 1 aromatic heterocycles. The summed E-state index contributed by atoms with van der Waals surface area (Å²) in [7, 11) is 0. The zero-order chi connectivity index (χ0) is 11.5. The molecule has 0 atom stereocenters. The number of rotatable bonds is 2. The number of nitrogen functional groups attached to an aromatic ring is 1. The third-order valence-corrected chi connectivity index (χ3v) is 2.13. The van der Waals surface area contributed by atoms with Gasteiger partial charge >= 0.3 is 0 Å². The number of aromatic nitrogens is 2. The molecule has 0 unspecified atom stereocenters. The highest BCUT2D eigenvalue weighted by molar-refractivity contribution is 6.30. The number of halogens is 1. The smallest absolute Gasteiger partial charge is 0.254 e. The molecular formula is C10H9ClN4O. The molecule has 1 heterocycles. The molecule has 2 aromatic rings. The van der Waals surface area contributed by atoms with Crippen LogP contribution in [0.2, 0.25) is 5.02 Å². The van der Waals surface area contributed by atoms with Crippen LogP contribution in [0.5, 0.6) is 0 Å². The van der Waals surface area contributed by atoms with Crippen LogP contribution >= 0.6 is 11.6 Å². The van der Waals surface area contributed by atoms with E-state index in [4.69, 9.17) is 17.3 Å². The minimum absolute atomic E-state index is 0.0731. The number of H-pyrrole nitrogens is 1. The van der Waals surface area contributed by atoms with E-state index in [1.807, 2.05) is 0 Å². The second-order valence-electron chi connectivity index (χ2n) is 3.15. The number of anilines is 3. The minimum atomic E-state index is -0.302. The lowest BCUT2D eigenvalue weighted by Crippen LogP contribution is -2.11. The molecule has 16 heavy (non-hydrogen) atoms. The number of nitrogens with two attached hydrogens (primary N) is 1. The molecule has 0 aliphatic heterocycles. The predicted octanol–water partition coefficient (Wildman–Crippen LogP) is 1.75. The van der Waals surface area contributed by atoms with Crippen molar-refractivity contribution in [3.8, 4) is 0 Å². The van der Waals surface area contributed by atoms with Crippen molar-refractivity contribution in [2.45, 2.75) is 0 Å². The molecule has 0 aliphatic carbocycles. The van der Waals surface area contributed by atoms with Crippen LogP contribution in [0, 0.1) is 0 Å². The Kier molecular flexibility index (Phi) is 2.78. The summed E-state index contributed by atoms with van der Waals surface area (Å²) >= 11 is 5.75. The first kappa shape index (κ1) is 10.5. The molecule has 0 spiro atoms. The fourth-order valence-corrected chi connectivity index (χ4v) is 1.35. The van der Waals surface area contributed by atoms with Crippen LogP contribution < -0.4 is 16.6 Å². The molecule has 0 saturated carbocycles. The molecule has 0 radical (unpaired) electrons. The Labute approximate surface area is 96.3 Å². The van der Waals surface area contributed by atoms with Crippen molar-refractivity contribution in [1.29, 1.82) is 0 Å². The van der Waals surface area contributed by atoms with E-state index >= 15 is 0 Å². The zero-order valence-electron chi connectivity index (χ0n) is 8.20. The first-order valence-electron chi connectivity index (χ1n) is 4.53. The van der Waals surface area contributed by atoms with Crippen molar-refractivity contribution >= 4 is 29.1 Å². The zero-order valence-corrected chi connectivity index (χ0v) is 8.95. The van der Waals surface area contributed by atoms with Gasteiger partial charge in [-0.15, -0.1) is 0 Å². The maximum atomic E-state index is 11.1. The van der Waals surface area contributed by atoms with Gasteiger partial charge in [0.25, 0.3) is 5.56 Å². The summed E-state index contributed by atoms with van der Waals surface area (Å²) in [5, 5.41) is 3.59. The highest BCUT2D eigenvalue weighted by Crippen LogP contribution is 2.16. The summed E-state index contributed by atoms with van der Waals surface area (Å²) < 4.78 is 0. The summed E-state index contributed by atoms with van der Waals surface area (Å²) in [5.74, 6) is 0.465. The Bertz CT molecular complexity index is 549. The largest absolute Gasteiger partial charge is 0.369 e. The summed E-state index contributed by atoms with van der Waals surface area (Å²) in [6, 6.07) is 8.36. The lowest BCUT2D eigenvalue weighted by molar-refractivity contribution is 1.14. The molecule has 0 fully saturated rings. The van der Waals surface area contributed by atoms with Crippen molar-refractivity contribution < 1.29 is 0 Å². The van der Waals surface area contributed by atoms with Crippen molar-refractivity contribution in [2.24, 2.45) is 0 Å². The Balaban J connectivity index is 2.26. The summed E-state index contributed by atoms with van der Waals surface area (Å²) in [6.07, 6.45) is 0. The Morgan fingerprint density at radius 2 is 2.00 bits per heavy atom. The monoisotopic (exact) mass is 236 g/mol. The van der Waals surface area contributed by atoms with Gasteiger partial charge in [-0.05, 0) is 24.3 Å². The summed E-state index contributed by atoms with van der Waals surface area (Å²) in [6.45, 7) is 0. The van der Waals surface area contributed by atoms with E-state index in [1.165, 1.54) is 6.07 Å². The molecule has 1 aromatic carbocycles.